The van der Waals surface area contributed by atoms with Gasteiger partial charge < -0.3 is 5.32 Å². The molecule has 0 saturated heterocycles. The summed E-state index contributed by atoms with van der Waals surface area (Å²) in [5.41, 5.74) is 1.79. The van der Waals surface area contributed by atoms with Crippen molar-refractivity contribution in [3.05, 3.63) is 46.6 Å². The van der Waals surface area contributed by atoms with Crippen LogP contribution in [0.1, 0.15) is 25.5 Å². The minimum absolute atomic E-state index is 0.225. The molecule has 5 nitrogen and oxygen atoms in total. The smallest absolute Gasteiger partial charge is 0.310 e. The number of rotatable bonds is 4. The fourth-order valence-electron chi connectivity index (χ4n) is 1.78. The predicted octanol–water partition coefficient (Wildman–Crippen LogP) is 1.23. The van der Waals surface area contributed by atoms with E-state index in [1.54, 1.807) is 0 Å². The van der Waals surface area contributed by atoms with Crippen LogP contribution >= 0.6 is 0 Å². The molecule has 2 aromatic rings. The second kappa shape index (κ2) is 4.97. The third kappa shape index (κ3) is 2.45. The van der Waals surface area contributed by atoms with Gasteiger partial charge >= 0.3 is 5.69 Å². The molecule has 0 bridgehead atoms. The number of aromatic amines is 1. The van der Waals surface area contributed by atoms with Crippen molar-refractivity contribution in [2.24, 2.45) is 0 Å². The van der Waals surface area contributed by atoms with Crippen molar-refractivity contribution >= 4 is 0 Å². The van der Waals surface area contributed by atoms with E-state index in [1.807, 2.05) is 24.3 Å². The van der Waals surface area contributed by atoms with Crippen LogP contribution in [0.3, 0.4) is 0 Å². The van der Waals surface area contributed by atoms with Gasteiger partial charge in [0.1, 0.15) is 6.33 Å². The van der Waals surface area contributed by atoms with Gasteiger partial charge in [0.2, 0.25) is 0 Å². The largest absolute Gasteiger partial charge is 0.347 e. The Morgan fingerprint density at radius 2 is 2.12 bits per heavy atom. The quantitative estimate of drug-likeness (QED) is 0.833. The molecule has 0 fully saturated rings. The highest BCUT2D eigenvalue weighted by Gasteiger charge is 2.05. The van der Waals surface area contributed by atoms with E-state index in [9.17, 15) is 4.79 Å². The molecular weight excluding hydrogens is 216 g/mol. The van der Waals surface area contributed by atoms with Crippen molar-refractivity contribution in [1.82, 2.24) is 20.1 Å². The molecule has 0 aliphatic carbocycles. The van der Waals surface area contributed by atoms with Crippen molar-refractivity contribution in [1.29, 1.82) is 0 Å². The minimum atomic E-state index is -0.225. The molecule has 2 N–H and O–H groups in total. The number of hydrogen-bond acceptors (Lipinski definition) is 3. The average molecular weight is 232 g/mol. The fraction of sp³-hybridized carbons (Fsp3) is 0.333. The molecule has 2 rings (SSSR count). The van der Waals surface area contributed by atoms with E-state index in [0.717, 1.165) is 12.2 Å². The highest BCUT2D eigenvalue weighted by atomic mass is 16.1. The molecule has 17 heavy (non-hydrogen) atoms. The topological polar surface area (TPSA) is 62.7 Å². The van der Waals surface area contributed by atoms with E-state index in [2.05, 4.69) is 29.4 Å². The molecule has 0 amide bonds. The Bertz CT molecular complexity index is 526. The summed E-state index contributed by atoms with van der Waals surface area (Å²) < 4.78 is 1.47. The zero-order chi connectivity index (χ0) is 12.3. The van der Waals surface area contributed by atoms with Gasteiger partial charge in [-0.1, -0.05) is 19.1 Å². The van der Waals surface area contributed by atoms with Crippen molar-refractivity contribution in [2.75, 3.05) is 6.54 Å². The van der Waals surface area contributed by atoms with Gasteiger partial charge in [0.05, 0.1) is 5.69 Å². The molecule has 0 aliphatic heterocycles. The van der Waals surface area contributed by atoms with Gasteiger partial charge in [-0.05, 0) is 31.2 Å². The van der Waals surface area contributed by atoms with E-state index in [0.29, 0.717) is 6.04 Å². The molecule has 90 valence electrons. The molecule has 0 aliphatic rings. The molecular formula is C12H16N4O. The number of nitrogens with one attached hydrogen (secondary N) is 2. The Labute approximate surface area is 99.5 Å². The van der Waals surface area contributed by atoms with Gasteiger partial charge in [-0.3, -0.25) is 0 Å². The van der Waals surface area contributed by atoms with Crippen LogP contribution in [0.25, 0.3) is 5.69 Å². The summed E-state index contributed by atoms with van der Waals surface area (Å²) in [5, 5.41) is 9.41. The molecule has 0 spiro atoms. The normalized spacial score (nSPS) is 12.6. The number of benzene rings is 1. The van der Waals surface area contributed by atoms with Gasteiger partial charge in [-0.15, -0.1) is 0 Å². The van der Waals surface area contributed by atoms with E-state index < -0.39 is 0 Å². The lowest BCUT2D eigenvalue weighted by atomic mass is 10.1. The van der Waals surface area contributed by atoms with Crippen LogP contribution < -0.4 is 11.0 Å². The van der Waals surface area contributed by atoms with Crippen molar-refractivity contribution < 1.29 is 0 Å². The van der Waals surface area contributed by atoms with Crippen LogP contribution in [0.15, 0.2) is 35.4 Å². The Morgan fingerprint density at radius 1 is 1.41 bits per heavy atom. The van der Waals surface area contributed by atoms with E-state index >= 15 is 0 Å². The van der Waals surface area contributed by atoms with E-state index in [4.69, 9.17) is 0 Å². The van der Waals surface area contributed by atoms with Crippen LogP contribution in [0.4, 0.5) is 0 Å². The van der Waals surface area contributed by atoms with Gasteiger partial charge in [0, 0.05) is 6.04 Å². The predicted molar refractivity (Wildman–Crippen MR) is 66.3 cm³/mol. The maximum Gasteiger partial charge on any atom is 0.347 e. The molecule has 1 unspecified atom stereocenters. The summed E-state index contributed by atoms with van der Waals surface area (Å²) in [4.78, 5) is 11.4. The lowest BCUT2D eigenvalue weighted by Crippen LogP contribution is -2.18. The summed E-state index contributed by atoms with van der Waals surface area (Å²) >= 11 is 0. The standard InChI is InChI=1S/C12H16N4O/c1-3-13-9(2)10-4-6-11(7-5-10)16-8-14-15-12(16)17/h4-9,13H,3H2,1-2H3,(H,15,17). The van der Waals surface area contributed by atoms with Gasteiger partial charge in [-0.2, -0.15) is 5.10 Å². The second-order valence-corrected chi connectivity index (χ2v) is 3.90. The number of hydrogen-bond donors (Lipinski definition) is 2. The van der Waals surface area contributed by atoms with Crippen LogP contribution in [-0.2, 0) is 0 Å². The summed E-state index contributed by atoms with van der Waals surface area (Å²) in [5.74, 6) is 0. The molecule has 1 heterocycles. The average Bonchev–Trinajstić information content (AvgIpc) is 2.76. The van der Waals surface area contributed by atoms with Crippen LogP contribution in [0.2, 0.25) is 0 Å². The Kier molecular flexibility index (Phi) is 3.39. The highest BCUT2D eigenvalue weighted by molar-refractivity contribution is 5.35. The summed E-state index contributed by atoms with van der Waals surface area (Å²) in [7, 11) is 0. The molecule has 5 heteroatoms. The number of H-pyrrole nitrogens is 1. The van der Waals surface area contributed by atoms with E-state index in [-0.39, 0.29) is 5.69 Å². The summed E-state index contributed by atoms with van der Waals surface area (Å²) in [6, 6.07) is 8.18. The van der Waals surface area contributed by atoms with Crippen LogP contribution in [0, 0.1) is 0 Å². The first-order chi connectivity index (χ1) is 8.22. The van der Waals surface area contributed by atoms with Gasteiger partial charge in [0.15, 0.2) is 0 Å². The zero-order valence-electron chi connectivity index (χ0n) is 9.97. The Balaban J connectivity index is 2.24. The Hall–Kier alpha value is -1.88. The number of aromatic nitrogens is 3. The molecule has 0 radical (unpaired) electrons. The first kappa shape index (κ1) is 11.6. The molecule has 1 atom stereocenters. The van der Waals surface area contributed by atoms with Crippen molar-refractivity contribution in [3.8, 4) is 5.69 Å². The second-order valence-electron chi connectivity index (χ2n) is 3.90. The third-order valence-corrected chi connectivity index (χ3v) is 2.73. The van der Waals surface area contributed by atoms with Crippen molar-refractivity contribution in [2.45, 2.75) is 19.9 Å². The first-order valence-corrected chi connectivity index (χ1v) is 5.68. The molecule has 0 saturated carbocycles. The monoisotopic (exact) mass is 232 g/mol. The van der Waals surface area contributed by atoms with Crippen LogP contribution in [-0.4, -0.2) is 21.3 Å². The molecule has 1 aromatic heterocycles. The van der Waals surface area contributed by atoms with Gasteiger partial charge in [0.25, 0.3) is 0 Å². The minimum Gasteiger partial charge on any atom is -0.310 e. The fourth-order valence-corrected chi connectivity index (χ4v) is 1.78. The maximum absolute atomic E-state index is 11.4. The van der Waals surface area contributed by atoms with Crippen LogP contribution in [0.5, 0.6) is 0 Å². The maximum atomic E-state index is 11.4. The summed E-state index contributed by atoms with van der Waals surface area (Å²) in [6.45, 7) is 5.13. The first-order valence-electron chi connectivity index (χ1n) is 5.68. The number of nitrogens with zero attached hydrogens (tertiary/aromatic N) is 2. The van der Waals surface area contributed by atoms with Crippen molar-refractivity contribution in [3.63, 3.8) is 0 Å². The Morgan fingerprint density at radius 3 is 2.65 bits per heavy atom. The highest BCUT2D eigenvalue weighted by Crippen LogP contribution is 2.14. The molecule has 1 aromatic carbocycles. The van der Waals surface area contributed by atoms with Gasteiger partial charge in [-0.25, -0.2) is 14.5 Å². The lowest BCUT2D eigenvalue weighted by molar-refractivity contribution is 0.598. The SMILES string of the molecule is CCNC(C)c1ccc(-n2cn[nH]c2=O)cc1. The zero-order valence-corrected chi connectivity index (χ0v) is 9.97. The van der Waals surface area contributed by atoms with E-state index in [1.165, 1.54) is 16.5 Å². The lowest BCUT2D eigenvalue weighted by Gasteiger charge is -2.12. The summed E-state index contributed by atoms with van der Waals surface area (Å²) in [6.07, 6.45) is 1.48. The third-order valence-electron chi connectivity index (χ3n) is 2.73.